The summed E-state index contributed by atoms with van der Waals surface area (Å²) in [6.07, 6.45) is 1.57. The Balaban J connectivity index is 0.00000200. The molecule has 0 aromatic heterocycles. The topological polar surface area (TPSA) is 58.2 Å². The van der Waals surface area contributed by atoms with Gasteiger partial charge in [-0.3, -0.25) is 0 Å². The quantitative estimate of drug-likeness (QED) is 0.815. The van der Waals surface area contributed by atoms with E-state index in [-0.39, 0.29) is 28.4 Å². The first-order valence-corrected chi connectivity index (χ1v) is 8.74. The molecule has 0 bridgehead atoms. The summed E-state index contributed by atoms with van der Waals surface area (Å²) in [5.41, 5.74) is 0. The van der Waals surface area contributed by atoms with Crippen molar-refractivity contribution < 1.29 is 8.42 Å². The van der Waals surface area contributed by atoms with Crippen molar-refractivity contribution in [2.24, 2.45) is 0 Å². The van der Waals surface area contributed by atoms with Crippen molar-refractivity contribution in [2.75, 3.05) is 6.54 Å². The first kappa shape index (κ1) is 18.2. The summed E-state index contributed by atoms with van der Waals surface area (Å²) in [5, 5.41) is 3.52. The van der Waals surface area contributed by atoms with E-state index in [1.165, 1.54) is 6.07 Å². The second-order valence-corrected chi connectivity index (χ2v) is 7.78. The monoisotopic (exact) mass is 402 g/mol. The van der Waals surface area contributed by atoms with Gasteiger partial charge in [-0.2, -0.15) is 0 Å². The highest BCUT2D eigenvalue weighted by Gasteiger charge is 2.25. The van der Waals surface area contributed by atoms with Gasteiger partial charge >= 0.3 is 0 Å². The third-order valence-electron chi connectivity index (χ3n) is 3.13. The predicted octanol–water partition coefficient (Wildman–Crippen LogP) is 2.94. The molecular weight excluding hydrogens is 387 g/mol. The molecule has 4 nitrogen and oxygen atoms in total. The summed E-state index contributed by atoms with van der Waals surface area (Å²) in [6, 6.07) is 5.09. The van der Waals surface area contributed by atoms with E-state index in [4.69, 9.17) is 11.6 Å². The molecule has 1 aliphatic rings. The molecule has 20 heavy (non-hydrogen) atoms. The second kappa shape index (κ2) is 7.42. The van der Waals surface area contributed by atoms with Gasteiger partial charge in [-0.15, -0.1) is 12.4 Å². The third kappa shape index (κ3) is 4.58. The Kier molecular flexibility index (Phi) is 6.76. The number of piperidine rings is 1. The highest BCUT2D eigenvalue weighted by molar-refractivity contribution is 9.10. The Bertz CT molecular complexity index is 569. The number of hydrogen-bond donors (Lipinski definition) is 2. The molecule has 0 radical (unpaired) electrons. The lowest BCUT2D eigenvalue weighted by molar-refractivity contribution is 0.361. The molecule has 1 aromatic rings. The molecule has 2 unspecified atom stereocenters. The maximum absolute atomic E-state index is 12.3. The molecule has 0 amide bonds. The largest absolute Gasteiger partial charge is 0.314 e. The maximum atomic E-state index is 12.3. The first-order chi connectivity index (χ1) is 8.88. The van der Waals surface area contributed by atoms with Crippen LogP contribution in [0.1, 0.15) is 19.8 Å². The van der Waals surface area contributed by atoms with E-state index < -0.39 is 10.0 Å². The van der Waals surface area contributed by atoms with Gasteiger partial charge in [0, 0.05) is 16.6 Å². The summed E-state index contributed by atoms with van der Waals surface area (Å²) in [4.78, 5) is 0.120. The molecule has 2 N–H and O–H groups in total. The number of sulfonamides is 1. The molecule has 1 saturated heterocycles. The van der Waals surface area contributed by atoms with Crippen LogP contribution in [0.25, 0.3) is 0 Å². The second-order valence-electron chi connectivity index (χ2n) is 4.77. The van der Waals surface area contributed by atoms with E-state index in [1.807, 2.05) is 6.92 Å². The Labute approximate surface area is 139 Å². The van der Waals surface area contributed by atoms with E-state index in [0.717, 1.165) is 19.4 Å². The highest BCUT2D eigenvalue weighted by atomic mass is 79.9. The van der Waals surface area contributed by atoms with Gasteiger partial charge in [0.15, 0.2) is 0 Å². The number of nitrogens with one attached hydrogen (secondary N) is 2. The van der Waals surface area contributed by atoms with Crippen LogP contribution in [0, 0.1) is 0 Å². The van der Waals surface area contributed by atoms with Crippen LogP contribution >= 0.6 is 39.9 Å². The Hall–Kier alpha value is 0.150. The van der Waals surface area contributed by atoms with Crippen molar-refractivity contribution in [3.63, 3.8) is 0 Å². The molecule has 2 atom stereocenters. The van der Waals surface area contributed by atoms with Crippen LogP contribution in [0.4, 0.5) is 0 Å². The summed E-state index contributed by atoms with van der Waals surface area (Å²) in [5.74, 6) is 0. The smallest absolute Gasteiger partial charge is 0.242 e. The van der Waals surface area contributed by atoms with E-state index in [9.17, 15) is 8.42 Å². The number of rotatable bonds is 3. The molecule has 114 valence electrons. The molecule has 1 aromatic carbocycles. The van der Waals surface area contributed by atoms with Gasteiger partial charge in [0.25, 0.3) is 0 Å². The minimum Gasteiger partial charge on any atom is -0.314 e. The lowest BCUT2D eigenvalue weighted by atomic mass is 10.0. The summed E-state index contributed by atoms with van der Waals surface area (Å²) in [6.45, 7) is 2.87. The van der Waals surface area contributed by atoms with Gasteiger partial charge in [0.1, 0.15) is 4.90 Å². The van der Waals surface area contributed by atoms with Gasteiger partial charge in [-0.05, 0) is 44.5 Å². The Morgan fingerprint density at radius 1 is 1.45 bits per heavy atom. The first-order valence-electron chi connectivity index (χ1n) is 6.09. The number of hydrogen-bond acceptors (Lipinski definition) is 3. The minimum atomic E-state index is -3.58. The van der Waals surface area contributed by atoms with Crippen molar-refractivity contribution in [3.8, 4) is 0 Å². The van der Waals surface area contributed by atoms with Crippen molar-refractivity contribution >= 4 is 50.0 Å². The predicted molar refractivity (Wildman–Crippen MR) is 87.2 cm³/mol. The fraction of sp³-hybridized carbons (Fsp3) is 0.500. The molecular formula is C12H17BrCl2N2O2S. The molecule has 0 saturated carbocycles. The minimum absolute atomic E-state index is 0. The van der Waals surface area contributed by atoms with Crippen LogP contribution in [0.2, 0.25) is 5.02 Å². The SMILES string of the molecule is CC1CC(NS(=O)(=O)c2cc(Br)ccc2Cl)CCN1.Cl. The zero-order valence-corrected chi connectivity index (χ0v) is 14.9. The van der Waals surface area contributed by atoms with Crippen LogP contribution in [-0.4, -0.2) is 27.0 Å². The van der Waals surface area contributed by atoms with Gasteiger partial charge < -0.3 is 5.32 Å². The zero-order valence-electron chi connectivity index (χ0n) is 10.9. The summed E-state index contributed by atoms with van der Waals surface area (Å²) < 4.78 is 28.1. The average Bonchev–Trinajstić information content (AvgIpc) is 2.31. The van der Waals surface area contributed by atoms with Crippen LogP contribution in [0.5, 0.6) is 0 Å². The normalized spacial score (nSPS) is 23.1. The van der Waals surface area contributed by atoms with Crippen molar-refractivity contribution in [3.05, 3.63) is 27.7 Å². The van der Waals surface area contributed by atoms with Crippen LogP contribution < -0.4 is 10.0 Å². The van der Waals surface area contributed by atoms with Gasteiger partial charge in [0.05, 0.1) is 5.02 Å². The van der Waals surface area contributed by atoms with Gasteiger partial charge in [0.2, 0.25) is 10.0 Å². The van der Waals surface area contributed by atoms with E-state index in [1.54, 1.807) is 12.1 Å². The van der Waals surface area contributed by atoms with Crippen molar-refractivity contribution in [2.45, 2.75) is 36.7 Å². The van der Waals surface area contributed by atoms with E-state index >= 15 is 0 Å². The van der Waals surface area contributed by atoms with E-state index in [0.29, 0.717) is 10.5 Å². The van der Waals surface area contributed by atoms with Gasteiger partial charge in [-0.1, -0.05) is 27.5 Å². The molecule has 1 fully saturated rings. The highest BCUT2D eigenvalue weighted by Crippen LogP contribution is 2.26. The Morgan fingerprint density at radius 2 is 2.15 bits per heavy atom. The van der Waals surface area contributed by atoms with Crippen LogP contribution in [0.15, 0.2) is 27.6 Å². The zero-order chi connectivity index (χ0) is 14.0. The fourth-order valence-electron chi connectivity index (χ4n) is 2.20. The fourth-order valence-corrected chi connectivity index (χ4v) is 4.53. The third-order valence-corrected chi connectivity index (χ3v) is 5.62. The molecule has 2 rings (SSSR count). The average molecular weight is 404 g/mol. The molecule has 0 spiro atoms. The Morgan fingerprint density at radius 3 is 2.80 bits per heavy atom. The van der Waals surface area contributed by atoms with Crippen molar-refractivity contribution in [1.82, 2.24) is 10.0 Å². The van der Waals surface area contributed by atoms with E-state index in [2.05, 4.69) is 26.0 Å². The molecule has 1 heterocycles. The molecule has 8 heteroatoms. The molecule has 0 aliphatic carbocycles. The van der Waals surface area contributed by atoms with Crippen molar-refractivity contribution in [1.29, 1.82) is 0 Å². The maximum Gasteiger partial charge on any atom is 0.242 e. The number of halogens is 3. The molecule has 1 aliphatic heterocycles. The van der Waals surface area contributed by atoms with Crippen LogP contribution in [-0.2, 0) is 10.0 Å². The summed E-state index contributed by atoms with van der Waals surface area (Å²) >= 11 is 9.24. The summed E-state index contributed by atoms with van der Waals surface area (Å²) in [7, 11) is -3.58. The lowest BCUT2D eigenvalue weighted by Gasteiger charge is -2.28. The lowest BCUT2D eigenvalue weighted by Crippen LogP contribution is -2.46. The standard InChI is InChI=1S/C12H16BrClN2O2S.ClH/c1-8-6-10(4-5-15-8)16-19(17,18)12-7-9(13)2-3-11(12)14;/h2-3,7-8,10,15-16H,4-6H2,1H3;1H. The van der Waals surface area contributed by atoms with Gasteiger partial charge in [-0.25, -0.2) is 13.1 Å². The number of benzene rings is 1. The van der Waals surface area contributed by atoms with Crippen LogP contribution in [0.3, 0.4) is 0 Å².